The van der Waals surface area contributed by atoms with E-state index in [4.69, 9.17) is 4.74 Å². The van der Waals surface area contributed by atoms with Crippen LogP contribution in [0.2, 0.25) is 0 Å². The van der Waals surface area contributed by atoms with Crippen LogP contribution in [0.5, 0.6) is 0 Å². The van der Waals surface area contributed by atoms with Gasteiger partial charge in [0.05, 0.1) is 12.7 Å². The Hall–Kier alpha value is -1.39. The maximum atomic E-state index is 12.6. The van der Waals surface area contributed by atoms with Crippen LogP contribution in [0.4, 0.5) is 0 Å². The number of carbonyl (C=O) groups excluding carboxylic acids is 1. The zero-order chi connectivity index (χ0) is 14.8. The summed E-state index contributed by atoms with van der Waals surface area (Å²) in [7, 11) is 0. The second kappa shape index (κ2) is 6.16. The van der Waals surface area contributed by atoms with E-state index in [-0.39, 0.29) is 12.0 Å². The maximum absolute atomic E-state index is 12.6. The summed E-state index contributed by atoms with van der Waals surface area (Å²) in [5.41, 5.74) is 2.03. The molecule has 0 N–H and O–H groups in total. The SMILES string of the molecule is CC(C)N1CCOC(CN2CCc3ccccc3C2=O)C1. The van der Waals surface area contributed by atoms with Gasteiger partial charge in [0.15, 0.2) is 0 Å². The van der Waals surface area contributed by atoms with Gasteiger partial charge in [-0.3, -0.25) is 9.69 Å². The Bertz CT molecular complexity index is 515. The van der Waals surface area contributed by atoms with Gasteiger partial charge in [-0.1, -0.05) is 18.2 Å². The molecule has 1 unspecified atom stereocenters. The molecule has 1 aromatic rings. The molecule has 0 aromatic heterocycles. The van der Waals surface area contributed by atoms with Crippen molar-refractivity contribution in [3.63, 3.8) is 0 Å². The highest BCUT2D eigenvalue weighted by atomic mass is 16.5. The largest absolute Gasteiger partial charge is 0.374 e. The highest BCUT2D eigenvalue weighted by molar-refractivity contribution is 5.96. The molecule has 1 fully saturated rings. The number of amides is 1. The van der Waals surface area contributed by atoms with E-state index in [1.54, 1.807) is 0 Å². The summed E-state index contributed by atoms with van der Waals surface area (Å²) >= 11 is 0. The Morgan fingerprint density at radius 1 is 1.29 bits per heavy atom. The third-order valence-electron chi connectivity index (χ3n) is 4.51. The molecule has 3 rings (SSSR count). The number of hydrogen-bond acceptors (Lipinski definition) is 3. The lowest BCUT2D eigenvalue weighted by Crippen LogP contribution is -2.51. The molecule has 1 atom stereocenters. The number of hydrogen-bond donors (Lipinski definition) is 0. The maximum Gasteiger partial charge on any atom is 0.254 e. The Morgan fingerprint density at radius 3 is 2.90 bits per heavy atom. The summed E-state index contributed by atoms with van der Waals surface area (Å²) < 4.78 is 5.86. The van der Waals surface area contributed by atoms with Crippen molar-refractivity contribution < 1.29 is 9.53 Å². The fourth-order valence-corrected chi connectivity index (χ4v) is 3.22. The van der Waals surface area contributed by atoms with Gasteiger partial charge in [-0.25, -0.2) is 0 Å². The third-order valence-corrected chi connectivity index (χ3v) is 4.51. The van der Waals surface area contributed by atoms with Crippen molar-refractivity contribution in [3.05, 3.63) is 35.4 Å². The van der Waals surface area contributed by atoms with Gasteiger partial charge in [-0.15, -0.1) is 0 Å². The monoisotopic (exact) mass is 288 g/mol. The number of ether oxygens (including phenoxy) is 1. The van der Waals surface area contributed by atoms with E-state index in [1.165, 1.54) is 5.56 Å². The van der Waals surface area contributed by atoms with Crippen LogP contribution >= 0.6 is 0 Å². The summed E-state index contributed by atoms with van der Waals surface area (Å²) in [5.74, 6) is 0.155. The van der Waals surface area contributed by atoms with Crippen LogP contribution in [-0.2, 0) is 11.2 Å². The average Bonchev–Trinajstić information content (AvgIpc) is 2.51. The minimum Gasteiger partial charge on any atom is -0.374 e. The van der Waals surface area contributed by atoms with E-state index in [1.807, 2.05) is 23.1 Å². The lowest BCUT2D eigenvalue weighted by Gasteiger charge is -2.38. The van der Waals surface area contributed by atoms with Gasteiger partial charge in [0.1, 0.15) is 0 Å². The quantitative estimate of drug-likeness (QED) is 0.850. The first kappa shape index (κ1) is 14.5. The van der Waals surface area contributed by atoms with Gasteiger partial charge in [-0.2, -0.15) is 0 Å². The second-order valence-electron chi connectivity index (χ2n) is 6.24. The van der Waals surface area contributed by atoms with Crippen molar-refractivity contribution in [1.82, 2.24) is 9.80 Å². The molecule has 1 aromatic carbocycles. The number of nitrogens with zero attached hydrogens (tertiary/aromatic N) is 2. The lowest BCUT2D eigenvalue weighted by molar-refractivity contribution is -0.0494. The average molecular weight is 288 g/mol. The van der Waals surface area contributed by atoms with Crippen molar-refractivity contribution in [1.29, 1.82) is 0 Å². The molecule has 1 amide bonds. The number of morpholine rings is 1. The summed E-state index contributed by atoms with van der Waals surface area (Å²) in [6, 6.07) is 8.48. The summed E-state index contributed by atoms with van der Waals surface area (Å²) in [5, 5.41) is 0. The highest BCUT2D eigenvalue weighted by Gasteiger charge is 2.29. The molecule has 21 heavy (non-hydrogen) atoms. The predicted molar refractivity (Wildman–Crippen MR) is 82.5 cm³/mol. The van der Waals surface area contributed by atoms with Crippen LogP contribution in [0.15, 0.2) is 24.3 Å². The minimum absolute atomic E-state index is 0.135. The molecule has 0 spiro atoms. The van der Waals surface area contributed by atoms with Crippen molar-refractivity contribution in [2.24, 2.45) is 0 Å². The molecule has 2 aliphatic rings. The Labute approximate surface area is 126 Å². The Balaban J connectivity index is 1.65. The van der Waals surface area contributed by atoms with Crippen molar-refractivity contribution in [2.75, 3.05) is 32.8 Å². The van der Waals surface area contributed by atoms with Gasteiger partial charge in [-0.05, 0) is 31.9 Å². The van der Waals surface area contributed by atoms with Crippen LogP contribution in [0.1, 0.15) is 29.8 Å². The van der Waals surface area contributed by atoms with E-state index >= 15 is 0 Å². The zero-order valence-electron chi connectivity index (χ0n) is 12.9. The molecular formula is C17H24N2O2. The fraction of sp³-hybridized carbons (Fsp3) is 0.588. The second-order valence-corrected chi connectivity index (χ2v) is 6.24. The first-order chi connectivity index (χ1) is 10.1. The standard InChI is InChI=1S/C17H24N2O2/c1-13(2)18-9-10-21-15(11-18)12-19-8-7-14-5-3-4-6-16(14)17(19)20/h3-6,13,15H,7-12H2,1-2H3. The van der Waals surface area contributed by atoms with Crippen molar-refractivity contribution in [3.8, 4) is 0 Å². The molecule has 0 bridgehead atoms. The number of fused-ring (bicyclic) bond motifs is 1. The van der Waals surface area contributed by atoms with E-state index in [2.05, 4.69) is 24.8 Å². The lowest BCUT2D eigenvalue weighted by atomic mass is 9.99. The van der Waals surface area contributed by atoms with Crippen molar-refractivity contribution in [2.45, 2.75) is 32.4 Å². The first-order valence-corrected chi connectivity index (χ1v) is 7.88. The van der Waals surface area contributed by atoms with E-state index < -0.39 is 0 Å². The smallest absolute Gasteiger partial charge is 0.254 e. The molecule has 1 saturated heterocycles. The predicted octanol–water partition coefficient (Wildman–Crippen LogP) is 1.79. The molecule has 4 nitrogen and oxygen atoms in total. The topological polar surface area (TPSA) is 32.8 Å². The van der Waals surface area contributed by atoms with Gasteiger partial charge in [0, 0.05) is 37.8 Å². The fourth-order valence-electron chi connectivity index (χ4n) is 3.22. The Morgan fingerprint density at radius 2 is 2.10 bits per heavy atom. The number of benzene rings is 1. The van der Waals surface area contributed by atoms with Gasteiger partial charge in [0.25, 0.3) is 5.91 Å². The van der Waals surface area contributed by atoms with E-state index in [0.29, 0.717) is 12.6 Å². The van der Waals surface area contributed by atoms with E-state index in [9.17, 15) is 4.79 Å². The molecule has 2 heterocycles. The summed E-state index contributed by atoms with van der Waals surface area (Å²) in [4.78, 5) is 16.9. The molecule has 4 heteroatoms. The van der Waals surface area contributed by atoms with E-state index in [0.717, 1.165) is 38.2 Å². The molecule has 0 saturated carbocycles. The summed E-state index contributed by atoms with van der Waals surface area (Å²) in [6.07, 6.45) is 1.08. The van der Waals surface area contributed by atoms with Gasteiger partial charge >= 0.3 is 0 Å². The van der Waals surface area contributed by atoms with Crippen molar-refractivity contribution >= 4 is 5.91 Å². The van der Waals surface area contributed by atoms with Gasteiger partial charge in [0.2, 0.25) is 0 Å². The normalized spacial score (nSPS) is 23.5. The number of carbonyl (C=O) groups is 1. The zero-order valence-corrected chi connectivity index (χ0v) is 12.9. The highest BCUT2D eigenvalue weighted by Crippen LogP contribution is 2.20. The van der Waals surface area contributed by atoms with Crippen LogP contribution in [0.25, 0.3) is 0 Å². The Kier molecular flexibility index (Phi) is 4.27. The molecule has 114 valence electrons. The number of rotatable bonds is 3. The molecule has 0 aliphatic carbocycles. The third kappa shape index (κ3) is 3.11. The first-order valence-electron chi connectivity index (χ1n) is 7.88. The minimum atomic E-state index is 0.135. The molecule has 0 radical (unpaired) electrons. The van der Waals surface area contributed by atoms with Crippen LogP contribution in [0.3, 0.4) is 0 Å². The van der Waals surface area contributed by atoms with Crippen LogP contribution < -0.4 is 0 Å². The molecule has 2 aliphatic heterocycles. The van der Waals surface area contributed by atoms with Crippen LogP contribution in [-0.4, -0.2) is 60.6 Å². The van der Waals surface area contributed by atoms with Crippen LogP contribution in [0, 0.1) is 0 Å². The molecular weight excluding hydrogens is 264 g/mol. The summed E-state index contributed by atoms with van der Waals surface area (Å²) in [6.45, 7) is 8.61. The van der Waals surface area contributed by atoms with Gasteiger partial charge < -0.3 is 9.64 Å².